The third-order valence-corrected chi connectivity index (χ3v) is 13.4. The summed E-state index contributed by atoms with van der Waals surface area (Å²) < 4.78 is 169. The van der Waals surface area contributed by atoms with Crippen LogP contribution in [0.4, 0.5) is 62.3 Å². The molecule has 3 aliphatic carbocycles. The molecule has 67 heavy (non-hydrogen) atoms. The predicted octanol–water partition coefficient (Wildman–Crippen LogP) is 8.26. The van der Waals surface area contributed by atoms with Crippen molar-refractivity contribution >= 4 is 24.1 Å². The number of hydrogen-bond acceptors (Lipinski definition) is 12. The van der Waals surface area contributed by atoms with Crippen molar-refractivity contribution in [2.24, 2.45) is 5.41 Å². The van der Waals surface area contributed by atoms with Crippen molar-refractivity contribution in [3.8, 4) is 0 Å². The van der Waals surface area contributed by atoms with Gasteiger partial charge in [0.05, 0.1) is 0 Å². The van der Waals surface area contributed by atoms with Crippen LogP contribution in [0.3, 0.4) is 0 Å². The smallest absolute Gasteiger partial charge is 0.434 e. The fourth-order valence-electron chi connectivity index (χ4n) is 9.19. The lowest BCUT2D eigenvalue weighted by Gasteiger charge is -2.45. The molecule has 6 fully saturated rings. The Balaban J connectivity index is 0.000000186. The number of halogens is 12. The molecule has 5 heterocycles. The van der Waals surface area contributed by atoms with Gasteiger partial charge in [-0.05, 0) is 82.5 Å². The quantitative estimate of drug-likeness (QED) is 0.272. The SMILES string of the molecule is Cc1nnc(C2(C(=O)N3CCCC34CCN(C(=O)OC(C(F)(F)F)C(F)(F)F)CC4)CC2)o1.Cc1nnc(C2(C(=O)O)CC2)o1.O=C(OC(C(F)(F)F)C(F)(F)F)N1CCC2(CCCC2)CC1. The van der Waals surface area contributed by atoms with E-state index in [1.165, 1.54) is 0 Å². The number of aryl methyl sites for hydroxylation is 2. The van der Waals surface area contributed by atoms with Crippen LogP contribution in [0.15, 0.2) is 8.83 Å². The Bertz CT molecular complexity index is 2060. The van der Waals surface area contributed by atoms with Gasteiger partial charge < -0.3 is 38.1 Å². The van der Waals surface area contributed by atoms with Gasteiger partial charge in [-0.3, -0.25) is 9.59 Å². The van der Waals surface area contributed by atoms with Crippen LogP contribution in [0.5, 0.6) is 0 Å². The summed E-state index contributed by atoms with van der Waals surface area (Å²) in [5.74, 6) is 0.200. The summed E-state index contributed by atoms with van der Waals surface area (Å²) in [5.41, 5.74) is -2.28. The summed E-state index contributed by atoms with van der Waals surface area (Å²) in [4.78, 5) is 51.4. The van der Waals surface area contributed by atoms with E-state index in [0.717, 1.165) is 35.5 Å². The van der Waals surface area contributed by atoms with Crippen molar-refractivity contribution < 1.29 is 95.3 Å². The van der Waals surface area contributed by atoms with Crippen molar-refractivity contribution in [2.75, 3.05) is 32.7 Å². The number of alkyl halides is 12. The lowest BCUT2D eigenvalue weighted by Crippen LogP contribution is -2.57. The van der Waals surface area contributed by atoms with E-state index >= 15 is 0 Å². The van der Waals surface area contributed by atoms with Crippen molar-refractivity contribution in [2.45, 2.75) is 157 Å². The van der Waals surface area contributed by atoms with Crippen molar-refractivity contribution in [1.29, 1.82) is 0 Å². The summed E-state index contributed by atoms with van der Waals surface area (Å²) in [7, 11) is 0. The van der Waals surface area contributed by atoms with Crippen LogP contribution in [0, 0.1) is 19.3 Å². The number of aliphatic carboxylic acids is 1. The highest BCUT2D eigenvalue weighted by atomic mass is 19.4. The summed E-state index contributed by atoms with van der Waals surface area (Å²) in [6.45, 7) is 3.75. The van der Waals surface area contributed by atoms with E-state index in [-0.39, 0.29) is 62.1 Å². The molecule has 2 aromatic rings. The first-order valence-corrected chi connectivity index (χ1v) is 21.3. The van der Waals surface area contributed by atoms with Crippen LogP contribution >= 0.6 is 0 Å². The van der Waals surface area contributed by atoms with Gasteiger partial charge in [0, 0.05) is 52.1 Å². The van der Waals surface area contributed by atoms with E-state index in [4.69, 9.17) is 13.9 Å². The molecule has 16 nitrogen and oxygen atoms in total. The Morgan fingerprint density at radius 2 is 0.925 bits per heavy atom. The molecule has 3 aliphatic heterocycles. The molecule has 3 saturated heterocycles. The van der Waals surface area contributed by atoms with E-state index in [2.05, 4.69) is 29.9 Å². The Morgan fingerprint density at radius 3 is 1.27 bits per heavy atom. The number of amides is 3. The third-order valence-electron chi connectivity index (χ3n) is 13.4. The normalized spacial score (nSPS) is 21.7. The number of carboxylic acids is 1. The molecule has 0 bridgehead atoms. The van der Waals surface area contributed by atoms with Gasteiger partial charge in [0.2, 0.25) is 29.5 Å². The van der Waals surface area contributed by atoms with Gasteiger partial charge in [0.1, 0.15) is 10.8 Å². The highest BCUT2D eigenvalue weighted by Crippen LogP contribution is 2.53. The highest BCUT2D eigenvalue weighted by Gasteiger charge is 2.63. The number of carbonyl (C=O) groups is 4. The Hall–Kier alpha value is -5.08. The molecule has 2 aromatic heterocycles. The maximum Gasteiger partial charge on any atom is 0.434 e. The number of rotatable bonds is 6. The molecule has 3 saturated carbocycles. The number of piperidine rings is 2. The number of ether oxygens (including phenoxy) is 2. The Morgan fingerprint density at radius 1 is 0.537 bits per heavy atom. The van der Waals surface area contributed by atoms with Crippen molar-refractivity contribution in [1.82, 2.24) is 35.1 Å². The number of hydrogen-bond donors (Lipinski definition) is 1. The Labute approximate surface area is 373 Å². The van der Waals surface area contributed by atoms with Crippen LogP contribution in [0.25, 0.3) is 0 Å². The molecular formula is C39H47F12N7O9. The van der Waals surface area contributed by atoms with E-state index in [1.54, 1.807) is 18.7 Å². The molecule has 0 unspecified atom stereocenters. The second kappa shape index (κ2) is 18.4. The van der Waals surface area contributed by atoms with Gasteiger partial charge >= 0.3 is 42.9 Å². The second-order valence-corrected chi connectivity index (χ2v) is 17.9. The maximum atomic E-state index is 13.4. The fraction of sp³-hybridized carbons (Fsp3) is 0.795. The van der Waals surface area contributed by atoms with E-state index in [0.29, 0.717) is 69.7 Å². The van der Waals surface area contributed by atoms with Crippen molar-refractivity contribution in [3.05, 3.63) is 23.6 Å². The van der Waals surface area contributed by atoms with Crippen LogP contribution in [0.1, 0.15) is 113 Å². The average Bonchev–Trinajstić information content (AvgIpc) is 3.98. The minimum atomic E-state index is -5.77. The zero-order valence-corrected chi connectivity index (χ0v) is 36.0. The third kappa shape index (κ3) is 11.3. The van der Waals surface area contributed by atoms with Crippen LogP contribution in [0.2, 0.25) is 0 Å². The summed E-state index contributed by atoms with van der Waals surface area (Å²) in [6.07, 6.45) is -25.0. The zero-order valence-electron chi connectivity index (χ0n) is 36.0. The molecule has 0 aromatic carbocycles. The molecule has 1 N–H and O–H groups in total. The average molecular weight is 986 g/mol. The van der Waals surface area contributed by atoms with Crippen LogP contribution in [-0.4, -0.2) is 139 Å². The van der Waals surface area contributed by atoms with Gasteiger partial charge in [-0.15, -0.1) is 20.4 Å². The number of nitrogens with zero attached hydrogens (tertiary/aromatic N) is 7. The summed E-state index contributed by atoms with van der Waals surface area (Å²) >= 11 is 0. The first kappa shape index (κ1) is 51.3. The highest BCUT2D eigenvalue weighted by molar-refractivity contribution is 5.91. The standard InChI is InChI=1S/C19H22F6N4O4.C13H17F6NO2.C7H8N2O3/c1-11-26-27-13(32-11)17(4-5-17)14(30)29-8-2-3-16(29)6-9-28(10-7-16)15(31)33-12(18(20,21)22)19(23,24)25;14-12(15,16)9(13(17,18)19)22-10(21)20-7-5-11(6-8-20)3-1-2-4-11;1-4-8-9-5(12-4)7(2-3-7)6(10)11/h12H,2-10H2,1H3;9H,1-8H2;2-3H2,1H3,(H,10,11). The summed E-state index contributed by atoms with van der Waals surface area (Å²) in [6, 6.07) is 0. The first-order chi connectivity index (χ1) is 31.0. The second-order valence-electron chi connectivity index (χ2n) is 17.9. The zero-order chi connectivity index (χ0) is 49.6. The van der Waals surface area contributed by atoms with Gasteiger partial charge in [-0.1, -0.05) is 12.8 Å². The molecular weight excluding hydrogens is 938 g/mol. The van der Waals surface area contributed by atoms with E-state index < -0.39 is 71.4 Å². The maximum absolute atomic E-state index is 13.4. The van der Waals surface area contributed by atoms with Gasteiger partial charge in [-0.25, -0.2) is 9.59 Å². The lowest BCUT2D eigenvalue weighted by atomic mass is 9.77. The van der Waals surface area contributed by atoms with Gasteiger partial charge in [0.25, 0.3) is 12.2 Å². The molecule has 8 rings (SSSR count). The van der Waals surface area contributed by atoms with Gasteiger partial charge in [0.15, 0.2) is 0 Å². The number of carbonyl (C=O) groups excluding carboxylic acids is 3. The molecule has 0 radical (unpaired) electrons. The molecule has 6 aliphatic rings. The predicted molar refractivity (Wildman–Crippen MR) is 198 cm³/mol. The van der Waals surface area contributed by atoms with Crippen LogP contribution in [-0.2, 0) is 29.9 Å². The van der Waals surface area contributed by atoms with E-state index in [1.807, 2.05) is 0 Å². The molecule has 376 valence electrons. The Kier molecular flexibility index (Phi) is 14.1. The minimum Gasteiger partial charge on any atom is -0.480 e. The fourth-order valence-corrected chi connectivity index (χ4v) is 9.19. The van der Waals surface area contributed by atoms with Crippen LogP contribution < -0.4 is 0 Å². The number of likely N-dealkylation sites (tertiary alicyclic amines) is 3. The minimum absolute atomic E-state index is 0.101. The first-order valence-electron chi connectivity index (χ1n) is 21.3. The summed E-state index contributed by atoms with van der Waals surface area (Å²) in [5, 5.41) is 23.9. The lowest BCUT2D eigenvalue weighted by molar-refractivity contribution is -0.309. The van der Waals surface area contributed by atoms with Crippen molar-refractivity contribution in [3.63, 3.8) is 0 Å². The topological polar surface area (TPSA) is 195 Å². The largest absolute Gasteiger partial charge is 0.480 e. The monoisotopic (exact) mass is 985 g/mol. The molecule has 0 atom stereocenters. The molecule has 28 heteroatoms. The van der Waals surface area contributed by atoms with Gasteiger partial charge in [-0.2, -0.15) is 52.7 Å². The van der Waals surface area contributed by atoms with E-state index in [9.17, 15) is 71.9 Å². The molecule has 2 spiro atoms. The number of aromatic nitrogens is 4. The number of carboxylic acid groups (broad SMARTS) is 1. The molecule has 3 amide bonds.